The highest BCUT2D eigenvalue weighted by atomic mass is 35.5. The van der Waals surface area contributed by atoms with Crippen LogP contribution in [-0.2, 0) is 0 Å². The van der Waals surface area contributed by atoms with Gasteiger partial charge in [0.05, 0.1) is 6.04 Å². The highest BCUT2D eigenvalue weighted by Crippen LogP contribution is 2.29. The van der Waals surface area contributed by atoms with Crippen molar-refractivity contribution in [3.63, 3.8) is 0 Å². The zero-order chi connectivity index (χ0) is 16.8. The standard InChI is InChI=1S/C18H23ClN2O2/c1-13(20-18(23)21(2)11-5-6-12-22)14-9-10-17(19)16-8-4-3-7-15(14)16/h3-4,7-10,13,22H,5-6,11-12H2,1-2H3,(H,20,23)/t13-/m0/s1. The lowest BCUT2D eigenvalue weighted by Gasteiger charge is -2.22. The SMILES string of the molecule is C[C@H](NC(=O)N(C)CCCCO)c1ccc(Cl)c2ccccc12. The van der Waals surface area contributed by atoms with E-state index in [-0.39, 0.29) is 18.7 Å². The first-order chi connectivity index (χ1) is 11.0. The summed E-state index contributed by atoms with van der Waals surface area (Å²) >= 11 is 6.24. The minimum Gasteiger partial charge on any atom is -0.396 e. The van der Waals surface area contributed by atoms with Crippen LogP contribution in [0.1, 0.15) is 31.4 Å². The van der Waals surface area contributed by atoms with Crippen LogP contribution in [0.25, 0.3) is 10.8 Å². The molecule has 2 aromatic carbocycles. The van der Waals surface area contributed by atoms with E-state index in [9.17, 15) is 4.79 Å². The number of nitrogens with zero attached hydrogens (tertiary/aromatic N) is 1. The lowest BCUT2D eigenvalue weighted by atomic mass is 10.00. The summed E-state index contributed by atoms with van der Waals surface area (Å²) in [5, 5.41) is 14.6. The Balaban J connectivity index is 2.10. The van der Waals surface area contributed by atoms with Gasteiger partial charge in [0.2, 0.25) is 0 Å². The van der Waals surface area contributed by atoms with Crippen molar-refractivity contribution in [1.82, 2.24) is 10.2 Å². The first-order valence-corrected chi connectivity index (χ1v) is 8.22. The maximum Gasteiger partial charge on any atom is 0.317 e. The molecule has 124 valence electrons. The Bertz CT molecular complexity index is 675. The fourth-order valence-electron chi connectivity index (χ4n) is 2.60. The number of halogens is 1. The van der Waals surface area contributed by atoms with E-state index in [1.165, 1.54) is 0 Å². The highest BCUT2D eigenvalue weighted by Gasteiger charge is 2.15. The number of unbranched alkanes of at least 4 members (excludes halogenated alkanes) is 1. The van der Waals surface area contributed by atoms with E-state index in [1.54, 1.807) is 11.9 Å². The summed E-state index contributed by atoms with van der Waals surface area (Å²) < 4.78 is 0. The van der Waals surface area contributed by atoms with Gasteiger partial charge < -0.3 is 15.3 Å². The molecule has 2 amide bonds. The molecule has 1 atom stereocenters. The molecule has 2 rings (SSSR count). The number of carbonyl (C=O) groups excluding carboxylic acids is 1. The molecule has 4 nitrogen and oxygen atoms in total. The molecule has 0 aromatic heterocycles. The fourth-order valence-corrected chi connectivity index (χ4v) is 2.83. The first kappa shape index (κ1) is 17.6. The van der Waals surface area contributed by atoms with Crippen molar-refractivity contribution in [2.24, 2.45) is 0 Å². The van der Waals surface area contributed by atoms with Gasteiger partial charge in [0.1, 0.15) is 0 Å². The number of hydrogen-bond donors (Lipinski definition) is 2. The molecule has 0 saturated carbocycles. The summed E-state index contributed by atoms with van der Waals surface area (Å²) in [7, 11) is 1.76. The van der Waals surface area contributed by atoms with Crippen molar-refractivity contribution >= 4 is 28.4 Å². The number of nitrogens with one attached hydrogen (secondary N) is 1. The monoisotopic (exact) mass is 334 g/mol. The number of urea groups is 1. The molecule has 0 bridgehead atoms. The second-order valence-electron chi connectivity index (χ2n) is 5.71. The van der Waals surface area contributed by atoms with E-state index in [4.69, 9.17) is 16.7 Å². The van der Waals surface area contributed by atoms with Gasteiger partial charge in [-0.3, -0.25) is 0 Å². The van der Waals surface area contributed by atoms with Gasteiger partial charge in [-0.25, -0.2) is 4.79 Å². The number of aliphatic hydroxyl groups excluding tert-OH is 1. The molecular formula is C18H23ClN2O2. The van der Waals surface area contributed by atoms with Crippen molar-refractivity contribution in [1.29, 1.82) is 0 Å². The van der Waals surface area contributed by atoms with E-state index in [0.717, 1.165) is 22.8 Å². The molecule has 23 heavy (non-hydrogen) atoms. The lowest BCUT2D eigenvalue weighted by Crippen LogP contribution is -2.39. The Labute approximate surface area is 142 Å². The molecule has 0 saturated heterocycles. The van der Waals surface area contributed by atoms with Crippen LogP contribution in [0.5, 0.6) is 0 Å². The maximum atomic E-state index is 12.3. The predicted molar refractivity (Wildman–Crippen MR) is 94.9 cm³/mol. The Morgan fingerprint density at radius 3 is 2.61 bits per heavy atom. The molecule has 0 aliphatic carbocycles. The summed E-state index contributed by atoms with van der Waals surface area (Å²) in [5.41, 5.74) is 1.04. The number of benzene rings is 2. The third-order valence-corrected chi connectivity index (χ3v) is 4.29. The number of carbonyl (C=O) groups is 1. The van der Waals surface area contributed by atoms with Crippen molar-refractivity contribution < 1.29 is 9.90 Å². The van der Waals surface area contributed by atoms with Gasteiger partial charge in [-0.05, 0) is 36.8 Å². The van der Waals surface area contributed by atoms with Gasteiger partial charge in [-0.1, -0.05) is 41.9 Å². The summed E-state index contributed by atoms with van der Waals surface area (Å²) in [4.78, 5) is 13.9. The van der Waals surface area contributed by atoms with Crippen LogP contribution in [0.3, 0.4) is 0 Å². The fraction of sp³-hybridized carbons (Fsp3) is 0.389. The second kappa shape index (κ2) is 8.18. The van der Waals surface area contributed by atoms with E-state index < -0.39 is 0 Å². The summed E-state index contributed by atoms with van der Waals surface area (Å²) in [6.45, 7) is 2.75. The molecule has 0 fully saturated rings. The molecule has 0 aliphatic heterocycles. The Morgan fingerprint density at radius 2 is 1.91 bits per heavy atom. The number of amides is 2. The van der Waals surface area contributed by atoms with E-state index in [1.807, 2.05) is 43.3 Å². The van der Waals surface area contributed by atoms with Crippen LogP contribution in [0.2, 0.25) is 5.02 Å². The lowest BCUT2D eigenvalue weighted by molar-refractivity contribution is 0.202. The predicted octanol–water partition coefficient (Wildman–Crippen LogP) is 3.97. The van der Waals surface area contributed by atoms with Gasteiger partial charge in [0.25, 0.3) is 0 Å². The van der Waals surface area contributed by atoms with E-state index in [2.05, 4.69) is 5.32 Å². The zero-order valence-corrected chi connectivity index (χ0v) is 14.3. The van der Waals surface area contributed by atoms with Gasteiger partial charge in [0.15, 0.2) is 0 Å². The maximum absolute atomic E-state index is 12.3. The minimum absolute atomic E-state index is 0.116. The number of hydrogen-bond acceptors (Lipinski definition) is 2. The Morgan fingerprint density at radius 1 is 1.22 bits per heavy atom. The first-order valence-electron chi connectivity index (χ1n) is 7.84. The summed E-state index contributed by atoms with van der Waals surface area (Å²) in [5.74, 6) is 0. The van der Waals surface area contributed by atoms with Crippen molar-refractivity contribution in [3.05, 3.63) is 47.0 Å². The second-order valence-corrected chi connectivity index (χ2v) is 6.11. The smallest absolute Gasteiger partial charge is 0.317 e. The molecule has 5 heteroatoms. The summed E-state index contributed by atoms with van der Waals surface area (Å²) in [6, 6.07) is 11.5. The highest BCUT2D eigenvalue weighted by molar-refractivity contribution is 6.35. The van der Waals surface area contributed by atoms with E-state index >= 15 is 0 Å². The topological polar surface area (TPSA) is 52.6 Å². The van der Waals surface area contributed by atoms with Gasteiger partial charge in [-0.2, -0.15) is 0 Å². The average Bonchev–Trinajstić information content (AvgIpc) is 2.55. The van der Waals surface area contributed by atoms with E-state index in [0.29, 0.717) is 18.0 Å². The molecule has 0 spiro atoms. The Hall–Kier alpha value is -1.78. The van der Waals surface area contributed by atoms with Gasteiger partial charge >= 0.3 is 6.03 Å². The molecule has 2 aromatic rings. The van der Waals surface area contributed by atoms with Gasteiger partial charge in [0, 0.05) is 30.6 Å². The van der Waals surface area contributed by atoms with Crippen molar-refractivity contribution in [2.75, 3.05) is 20.2 Å². The number of fused-ring (bicyclic) bond motifs is 1. The molecule has 0 aliphatic rings. The zero-order valence-electron chi connectivity index (χ0n) is 13.6. The molecule has 0 radical (unpaired) electrons. The Kier molecular flexibility index (Phi) is 6.25. The van der Waals surface area contributed by atoms with Crippen LogP contribution < -0.4 is 5.32 Å². The molecule has 2 N–H and O–H groups in total. The molecular weight excluding hydrogens is 312 g/mol. The molecule has 0 heterocycles. The van der Waals surface area contributed by atoms with Crippen molar-refractivity contribution in [2.45, 2.75) is 25.8 Å². The van der Waals surface area contributed by atoms with Crippen LogP contribution in [0.4, 0.5) is 4.79 Å². The van der Waals surface area contributed by atoms with Crippen molar-refractivity contribution in [3.8, 4) is 0 Å². The van der Waals surface area contributed by atoms with Crippen LogP contribution in [-0.4, -0.2) is 36.2 Å². The van der Waals surface area contributed by atoms with Crippen LogP contribution in [0.15, 0.2) is 36.4 Å². The largest absolute Gasteiger partial charge is 0.396 e. The number of aliphatic hydroxyl groups is 1. The third kappa shape index (κ3) is 4.36. The normalized spacial score (nSPS) is 12.2. The molecule has 0 unspecified atom stereocenters. The van der Waals surface area contributed by atoms with Crippen LogP contribution in [0, 0.1) is 0 Å². The number of rotatable bonds is 6. The third-order valence-electron chi connectivity index (χ3n) is 3.96. The van der Waals surface area contributed by atoms with Crippen LogP contribution >= 0.6 is 11.6 Å². The quantitative estimate of drug-likeness (QED) is 0.785. The minimum atomic E-state index is -0.120. The average molecular weight is 335 g/mol. The summed E-state index contributed by atoms with van der Waals surface area (Å²) in [6.07, 6.45) is 1.49. The van der Waals surface area contributed by atoms with Gasteiger partial charge in [-0.15, -0.1) is 0 Å².